The first kappa shape index (κ1) is 14.1. The summed E-state index contributed by atoms with van der Waals surface area (Å²) in [7, 11) is 3.30. The van der Waals surface area contributed by atoms with E-state index in [1.54, 1.807) is 0 Å². The highest BCUT2D eigenvalue weighted by Gasteiger charge is 2.17. The normalized spacial score (nSPS) is 9.90. The summed E-state index contributed by atoms with van der Waals surface area (Å²) < 4.78 is 4.99. The summed E-state index contributed by atoms with van der Waals surface area (Å²) in [6, 6.07) is 12.0. The topological polar surface area (TPSA) is 62.0 Å². The number of aromatic nitrogens is 2. The Morgan fingerprint density at radius 2 is 2.00 bits per heavy atom. The Bertz CT molecular complexity index is 640. The first-order chi connectivity index (χ1) is 9.65. The molecule has 102 valence electrons. The van der Waals surface area contributed by atoms with E-state index >= 15 is 0 Å². The van der Waals surface area contributed by atoms with Gasteiger partial charge in [-0.1, -0.05) is 41.9 Å². The van der Waals surface area contributed by atoms with Crippen molar-refractivity contribution in [2.75, 3.05) is 19.1 Å². The van der Waals surface area contributed by atoms with Crippen LogP contribution in [-0.4, -0.2) is 24.1 Å². The summed E-state index contributed by atoms with van der Waals surface area (Å²) >= 11 is 5.98. The molecule has 1 aromatic heterocycles. The SMILES string of the molecule is COc1nc(Cl)c(C#N)c(N(C)Cc2ccccc2)n1. The van der Waals surface area contributed by atoms with Gasteiger partial charge in [-0.25, -0.2) is 0 Å². The van der Waals surface area contributed by atoms with E-state index in [9.17, 15) is 5.26 Å². The molecule has 0 fully saturated rings. The zero-order chi connectivity index (χ0) is 14.5. The van der Waals surface area contributed by atoms with Gasteiger partial charge in [0.05, 0.1) is 7.11 Å². The summed E-state index contributed by atoms with van der Waals surface area (Å²) in [6.07, 6.45) is 0. The van der Waals surface area contributed by atoms with Gasteiger partial charge in [-0.2, -0.15) is 15.2 Å². The van der Waals surface area contributed by atoms with Crippen molar-refractivity contribution in [2.45, 2.75) is 6.54 Å². The van der Waals surface area contributed by atoms with E-state index in [0.717, 1.165) is 5.56 Å². The number of hydrogen-bond donors (Lipinski definition) is 0. The zero-order valence-corrected chi connectivity index (χ0v) is 11.9. The van der Waals surface area contributed by atoms with E-state index in [1.807, 2.05) is 48.3 Å². The van der Waals surface area contributed by atoms with Crippen LogP contribution in [0, 0.1) is 11.3 Å². The molecular weight excluding hydrogens is 276 g/mol. The van der Waals surface area contributed by atoms with E-state index in [-0.39, 0.29) is 16.7 Å². The highest BCUT2D eigenvalue weighted by molar-refractivity contribution is 6.30. The third-order valence-electron chi connectivity index (χ3n) is 2.74. The van der Waals surface area contributed by atoms with Gasteiger partial charge in [-0.15, -0.1) is 0 Å². The lowest BCUT2D eigenvalue weighted by atomic mass is 10.2. The highest BCUT2D eigenvalue weighted by Crippen LogP contribution is 2.26. The third kappa shape index (κ3) is 2.98. The minimum atomic E-state index is 0.0919. The van der Waals surface area contributed by atoms with Crippen molar-refractivity contribution in [3.63, 3.8) is 0 Å². The number of hydrogen-bond acceptors (Lipinski definition) is 5. The lowest BCUT2D eigenvalue weighted by Gasteiger charge is -2.20. The van der Waals surface area contributed by atoms with Crippen molar-refractivity contribution in [1.29, 1.82) is 5.26 Å². The minimum Gasteiger partial charge on any atom is -0.467 e. The van der Waals surface area contributed by atoms with Gasteiger partial charge in [0.2, 0.25) is 0 Å². The predicted octanol–water partition coefficient (Wildman–Crippen LogP) is 2.65. The molecule has 1 heterocycles. The van der Waals surface area contributed by atoms with Gasteiger partial charge < -0.3 is 9.64 Å². The van der Waals surface area contributed by atoms with Gasteiger partial charge in [0.1, 0.15) is 11.6 Å². The van der Waals surface area contributed by atoms with Crippen molar-refractivity contribution in [1.82, 2.24) is 9.97 Å². The molecule has 20 heavy (non-hydrogen) atoms. The van der Waals surface area contributed by atoms with Crippen LogP contribution < -0.4 is 9.64 Å². The van der Waals surface area contributed by atoms with E-state index in [2.05, 4.69) is 9.97 Å². The number of methoxy groups -OCH3 is 1. The van der Waals surface area contributed by atoms with Crippen molar-refractivity contribution in [3.05, 3.63) is 46.6 Å². The molecule has 0 aliphatic heterocycles. The number of halogens is 1. The van der Waals surface area contributed by atoms with Crippen LogP contribution in [-0.2, 0) is 6.54 Å². The Morgan fingerprint density at radius 1 is 1.30 bits per heavy atom. The van der Waals surface area contributed by atoms with Gasteiger partial charge in [0, 0.05) is 13.6 Å². The van der Waals surface area contributed by atoms with Gasteiger partial charge in [-0.05, 0) is 5.56 Å². The molecular formula is C14H13ClN4O. The van der Waals surface area contributed by atoms with Crippen LogP contribution in [0.3, 0.4) is 0 Å². The van der Waals surface area contributed by atoms with Gasteiger partial charge in [0.15, 0.2) is 11.0 Å². The van der Waals surface area contributed by atoms with Gasteiger partial charge >= 0.3 is 6.01 Å². The minimum absolute atomic E-state index is 0.0919. The molecule has 0 radical (unpaired) electrons. The van der Waals surface area contributed by atoms with Crippen LogP contribution in [0.15, 0.2) is 30.3 Å². The van der Waals surface area contributed by atoms with Crippen LogP contribution >= 0.6 is 11.6 Å². The molecule has 5 nitrogen and oxygen atoms in total. The van der Waals surface area contributed by atoms with Crippen molar-refractivity contribution in [3.8, 4) is 12.1 Å². The fourth-order valence-electron chi connectivity index (χ4n) is 1.80. The van der Waals surface area contributed by atoms with E-state index in [4.69, 9.17) is 16.3 Å². The monoisotopic (exact) mass is 288 g/mol. The number of ether oxygens (including phenoxy) is 1. The Kier molecular flexibility index (Phi) is 4.38. The fourth-order valence-corrected chi connectivity index (χ4v) is 2.00. The lowest BCUT2D eigenvalue weighted by Crippen LogP contribution is -2.19. The molecule has 0 saturated carbocycles. The Balaban J connectivity index is 2.36. The van der Waals surface area contributed by atoms with Gasteiger partial charge in [0.25, 0.3) is 0 Å². The van der Waals surface area contributed by atoms with Crippen molar-refractivity contribution in [2.24, 2.45) is 0 Å². The quantitative estimate of drug-likeness (QED) is 0.809. The number of rotatable bonds is 4. The Labute approximate surface area is 122 Å². The highest BCUT2D eigenvalue weighted by atomic mass is 35.5. The van der Waals surface area contributed by atoms with Crippen LogP contribution in [0.5, 0.6) is 6.01 Å². The standard InChI is InChI=1S/C14H13ClN4O/c1-19(9-10-6-4-3-5-7-10)13-11(8-16)12(15)17-14(18-13)20-2/h3-7H,9H2,1-2H3. The molecule has 2 rings (SSSR count). The van der Waals surface area contributed by atoms with Crippen LogP contribution in [0.25, 0.3) is 0 Å². The van der Waals surface area contributed by atoms with Crippen molar-refractivity contribution >= 4 is 17.4 Å². The number of nitrogens with zero attached hydrogens (tertiary/aromatic N) is 4. The lowest BCUT2D eigenvalue weighted by molar-refractivity contribution is 0.380. The van der Waals surface area contributed by atoms with E-state index < -0.39 is 0 Å². The maximum Gasteiger partial charge on any atom is 0.319 e. The largest absolute Gasteiger partial charge is 0.467 e. The molecule has 0 saturated heterocycles. The molecule has 1 aromatic carbocycles. The van der Waals surface area contributed by atoms with Crippen LogP contribution in [0.4, 0.5) is 5.82 Å². The summed E-state index contributed by atoms with van der Waals surface area (Å²) in [5.41, 5.74) is 1.35. The predicted molar refractivity (Wildman–Crippen MR) is 76.9 cm³/mol. The fraction of sp³-hybridized carbons (Fsp3) is 0.214. The maximum absolute atomic E-state index is 9.20. The average Bonchev–Trinajstić information content (AvgIpc) is 2.47. The molecule has 0 bridgehead atoms. The molecule has 0 spiro atoms. The van der Waals surface area contributed by atoms with E-state index in [1.165, 1.54) is 7.11 Å². The average molecular weight is 289 g/mol. The first-order valence-corrected chi connectivity index (χ1v) is 6.30. The smallest absolute Gasteiger partial charge is 0.319 e. The second-order valence-electron chi connectivity index (χ2n) is 4.15. The molecule has 0 atom stereocenters. The Hall–Kier alpha value is -2.32. The molecule has 0 amide bonds. The van der Waals surface area contributed by atoms with E-state index in [0.29, 0.717) is 12.4 Å². The molecule has 0 aliphatic carbocycles. The summed E-state index contributed by atoms with van der Waals surface area (Å²) in [5, 5.41) is 9.29. The maximum atomic E-state index is 9.20. The number of anilines is 1. The second kappa shape index (κ2) is 6.22. The van der Waals surface area contributed by atoms with Gasteiger partial charge in [-0.3, -0.25) is 0 Å². The van der Waals surface area contributed by atoms with Crippen LogP contribution in [0.2, 0.25) is 5.15 Å². The molecule has 2 aromatic rings. The first-order valence-electron chi connectivity index (χ1n) is 5.92. The summed E-state index contributed by atoms with van der Waals surface area (Å²) in [5.74, 6) is 0.452. The Morgan fingerprint density at radius 3 is 2.60 bits per heavy atom. The van der Waals surface area contributed by atoms with Crippen LogP contribution in [0.1, 0.15) is 11.1 Å². The molecule has 0 unspecified atom stereocenters. The second-order valence-corrected chi connectivity index (χ2v) is 4.51. The summed E-state index contributed by atoms with van der Waals surface area (Å²) in [6.45, 7) is 0.603. The molecule has 0 aliphatic rings. The number of nitriles is 1. The molecule has 0 N–H and O–H groups in total. The third-order valence-corrected chi connectivity index (χ3v) is 3.02. The number of benzene rings is 1. The molecule has 6 heteroatoms. The summed E-state index contributed by atoms with van der Waals surface area (Å²) in [4.78, 5) is 9.94. The zero-order valence-electron chi connectivity index (χ0n) is 11.2. The van der Waals surface area contributed by atoms with Crippen molar-refractivity contribution < 1.29 is 4.74 Å².